The number of pyridine rings is 1. The predicted molar refractivity (Wildman–Crippen MR) is 100 cm³/mol. The molecule has 152 valence electrons. The molecule has 0 saturated carbocycles. The van der Waals surface area contributed by atoms with Gasteiger partial charge in [-0.15, -0.1) is 0 Å². The van der Waals surface area contributed by atoms with Crippen molar-refractivity contribution in [3.8, 4) is 0 Å². The van der Waals surface area contributed by atoms with E-state index in [2.05, 4.69) is 20.1 Å². The third kappa shape index (κ3) is 6.08. The number of rotatable bonds is 10. The maximum absolute atomic E-state index is 12.2. The van der Waals surface area contributed by atoms with Gasteiger partial charge in [-0.3, -0.25) is 9.59 Å². The number of likely N-dealkylation sites (N-methyl/N-ethyl adjacent to an activating group) is 1. The number of halogens is 2. The summed E-state index contributed by atoms with van der Waals surface area (Å²) in [6.45, 7) is 1.77. The Morgan fingerprint density at radius 1 is 1.50 bits per heavy atom. The van der Waals surface area contributed by atoms with Gasteiger partial charge in [0.1, 0.15) is 12.4 Å². The zero-order valence-corrected chi connectivity index (χ0v) is 15.7. The van der Waals surface area contributed by atoms with Gasteiger partial charge in [-0.25, -0.2) is 9.99 Å². The van der Waals surface area contributed by atoms with Crippen LogP contribution in [0.25, 0.3) is 0 Å². The lowest BCUT2D eigenvalue weighted by molar-refractivity contribution is -0.167. The number of hydrogen-bond donors (Lipinski definition) is 1. The summed E-state index contributed by atoms with van der Waals surface area (Å²) in [6.07, 6.45) is 5.00. The summed E-state index contributed by atoms with van der Waals surface area (Å²) in [5.74, 6) is 0.317. The highest BCUT2D eigenvalue weighted by Crippen LogP contribution is 2.22. The molecule has 1 fully saturated rings. The largest absolute Gasteiger partial charge is 0.355 e. The van der Waals surface area contributed by atoms with Crippen LogP contribution in [0.3, 0.4) is 0 Å². The molecule has 0 unspecified atom stereocenters. The minimum atomic E-state index is -2.78. The molecular weight excluding hydrogens is 372 g/mol. The van der Waals surface area contributed by atoms with Crippen LogP contribution >= 0.6 is 0 Å². The van der Waals surface area contributed by atoms with Crippen molar-refractivity contribution in [1.82, 2.24) is 15.3 Å². The molecule has 28 heavy (non-hydrogen) atoms. The molecule has 1 aliphatic rings. The number of anilines is 1. The lowest BCUT2D eigenvalue weighted by atomic mass is 10.1. The Labute approximate surface area is 161 Å². The molecule has 2 amide bonds. The van der Waals surface area contributed by atoms with E-state index in [1.807, 2.05) is 4.90 Å². The standard InChI is InChI=1S/C18H23F2N5O3/c1-3-5-15(23-25(12-26)11-17(27)21-4-2)13-6-7-16(22-8-13)24-9-14(10-24)28-18(19)20/h3,5-8,12,14,18H,4,9-11H2,1-2H3,(H,21,27)/b5-3-,23-15+. The van der Waals surface area contributed by atoms with E-state index in [0.29, 0.717) is 43.1 Å². The number of aromatic nitrogens is 1. The molecule has 0 aliphatic carbocycles. The van der Waals surface area contributed by atoms with E-state index >= 15 is 0 Å². The van der Waals surface area contributed by atoms with Gasteiger partial charge < -0.3 is 15.0 Å². The van der Waals surface area contributed by atoms with E-state index in [9.17, 15) is 18.4 Å². The lowest BCUT2D eigenvalue weighted by Gasteiger charge is -2.39. The molecule has 2 heterocycles. The molecule has 10 heteroatoms. The first-order valence-corrected chi connectivity index (χ1v) is 8.81. The van der Waals surface area contributed by atoms with Crippen LogP contribution < -0.4 is 10.2 Å². The average Bonchev–Trinajstić information content (AvgIpc) is 2.63. The van der Waals surface area contributed by atoms with Crippen molar-refractivity contribution < 1.29 is 23.1 Å². The Hall–Kier alpha value is -2.88. The van der Waals surface area contributed by atoms with E-state index in [4.69, 9.17) is 0 Å². The molecular formula is C18H23F2N5O3. The zero-order valence-electron chi connectivity index (χ0n) is 15.7. The van der Waals surface area contributed by atoms with Gasteiger partial charge in [-0.1, -0.05) is 6.08 Å². The highest BCUT2D eigenvalue weighted by atomic mass is 19.3. The van der Waals surface area contributed by atoms with Gasteiger partial charge in [-0.2, -0.15) is 13.9 Å². The Morgan fingerprint density at radius 2 is 2.25 bits per heavy atom. The number of alkyl halides is 2. The number of hydrogen-bond acceptors (Lipinski definition) is 6. The number of nitrogens with one attached hydrogen (secondary N) is 1. The molecule has 0 atom stereocenters. The molecule has 1 aromatic heterocycles. The minimum Gasteiger partial charge on any atom is -0.355 e. The number of hydrazone groups is 1. The van der Waals surface area contributed by atoms with E-state index in [1.54, 1.807) is 44.3 Å². The maximum Gasteiger partial charge on any atom is 0.345 e. The second kappa shape index (κ2) is 10.5. The van der Waals surface area contributed by atoms with Crippen LogP contribution in [0, 0.1) is 0 Å². The topological polar surface area (TPSA) is 87.1 Å². The Morgan fingerprint density at radius 3 is 2.79 bits per heavy atom. The van der Waals surface area contributed by atoms with Gasteiger partial charge in [0, 0.05) is 31.4 Å². The van der Waals surface area contributed by atoms with Crippen LogP contribution in [0.15, 0.2) is 35.6 Å². The monoisotopic (exact) mass is 395 g/mol. The number of carbonyl (C=O) groups is 2. The lowest BCUT2D eigenvalue weighted by Crippen LogP contribution is -2.53. The van der Waals surface area contributed by atoms with Crippen LogP contribution in [-0.2, 0) is 14.3 Å². The summed E-state index contributed by atoms with van der Waals surface area (Å²) >= 11 is 0. The van der Waals surface area contributed by atoms with Crippen LogP contribution in [-0.4, -0.2) is 66.9 Å². The smallest absolute Gasteiger partial charge is 0.345 e. The quantitative estimate of drug-likeness (QED) is 0.368. The fraction of sp³-hybridized carbons (Fsp3) is 0.444. The number of allylic oxidation sites excluding steroid dienone is 2. The summed E-state index contributed by atoms with van der Waals surface area (Å²) in [5, 5.41) is 7.82. The van der Waals surface area contributed by atoms with Gasteiger partial charge >= 0.3 is 6.61 Å². The number of nitrogens with zero attached hydrogens (tertiary/aromatic N) is 4. The van der Waals surface area contributed by atoms with Crippen LogP contribution in [0.1, 0.15) is 19.4 Å². The van der Waals surface area contributed by atoms with Crippen LogP contribution in [0.2, 0.25) is 0 Å². The highest BCUT2D eigenvalue weighted by Gasteiger charge is 2.30. The first-order valence-electron chi connectivity index (χ1n) is 8.81. The predicted octanol–water partition coefficient (Wildman–Crippen LogP) is 1.38. The summed E-state index contributed by atoms with van der Waals surface area (Å²) < 4.78 is 28.8. The highest BCUT2D eigenvalue weighted by molar-refractivity contribution is 6.08. The SMILES string of the molecule is C/C=C\C(=N/N(C=O)CC(=O)NCC)c1ccc(N2CC(OC(F)F)C2)nc1. The van der Waals surface area contributed by atoms with Gasteiger partial charge in [0.25, 0.3) is 0 Å². The van der Waals surface area contributed by atoms with Gasteiger partial charge in [0.05, 0.1) is 11.8 Å². The zero-order chi connectivity index (χ0) is 20.5. The first-order chi connectivity index (χ1) is 13.5. The molecule has 1 saturated heterocycles. The van der Waals surface area contributed by atoms with Gasteiger partial charge in [-0.05, 0) is 32.1 Å². The number of amides is 2. The molecule has 0 aromatic carbocycles. The van der Waals surface area contributed by atoms with Crippen LogP contribution in [0.5, 0.6) is 0 Å². The summed E-state index contributed by atoms with van der Waals surface area (Å²) in [4.78, 5) is 29.0. The van der Waals surface area contributed by atoms with Crippen molar-refractivity contribution >= 4 is 23.8 Å². The van der Waals surface area contributed by atoms with Crippen molar-refractivity contribution in [3.05, 3.63) is 36.0 Å². The van der Waals surface area contributed by atoms with E-state index < -0.39 is 12.7 Å². The third-order valence-corrected chi connectivity index (χ3v) is 3.87. The van der Waals surface area contributed by atoms with E-state index in [0.717, 1.165) is 5.01 Å². The molecule has 1 aliphatic heterocycles. The summed E-state index contributed by atoms with van der Waals surface area (Å²) in [5.41, 5.74) is 1.10. The Kier molecular flexibility index (Phi) is 8.00. The van der Waals surface area contributed by atoms with Crippen molar-refractivity contribution in [3.63, 3.8) is 0 Å². The Balaban J connectivity index is 2.07. The Bertz CT molecular complexity index is 718. The molecule has 0 bridgehead atoms. The molecule has 8 nitrogen and oxygen atoms in total. The number of ether oxygens (including phenoxy) is 1. The van der Waals surface area contributed by atoms with Crippen molar-refractivity contribution in [2.75, 3.05) is 31.1 Å². The van der Waals surface area contributed by atoms with Gasteiger partial charge in [0.15, 0.2) is 0 Å². The fourth-order valence-corrected chi connectivity index (χ4v) is 2.56. The van der Waals surface area contributed by atoms with Crippen molar-refractivity contribution in [2.45, 2.75) is 26.6 Å². The second-order valence-corrected chi connectivity index (χ2v) is 5.97. The number of carbonyl (C=O) groups excluding carboxylic acids is 2. The van der Waals surface area contributed by atoms with E-state index in [1.165, 1.54) is 0 Å². The first kappa shape index (κ1) is 21.4. The molecule has 0 spiro atoms. The molecule has 0 radical (unpaired) electrons. The van der Waals surface area contributed by atoms with Crippen molar-refractivity contribution in [1.29, 1.82) is 0 Å². The molecule has 2 rings (SSSR count). The maximum atomic E-state index is 12.2. The average molecular weight is 395 g/mol. The third-order valence-electron chi connectivity index (χ3n) is 3.87. The normalized spacial score (nSPS) is 15.0. The summed E-state index contributed by atoms with van der Waals surface area (Å²) in [6, 6.07) is 3.50. The molecule has 1 aromatic rings. The van der Waals surface area contributed by atoms with Crippen LogP contribution in [0.4, 0.5) is 14.6 Å². The fourth-order valence-electron chi connectivity index (χ4n) is 2.56. The van der Waals surface area contributed by atoms with E-state index in [-0.39, 0.29) is 12.5 Å². The van der Waals surface area contributed by atoms with Crippen molar-refractivity contribution in [2.24, 2.45) is 5.10 Å². The minimum absolute atomic E-state index is 0.191. The molecule has 1 N–H and O–H groups in total. The second-order valence-electron chi connectivity index (χ2n) is 5.97. The van der Waals surface area contributed by atoms with Gasteiger partial charge in [0.2, 0.25) is 12.3 Å². The summed E-state index contributed by atoms with van der Waals surface area (Å²) in [7, 11) is 0.